The zero-order valence-electron chi connectivity index (χ0n) is 15.6. The van der Waals surface area contributed by atoms with Gasteiger partial charge in [0.2, 0.25) is 5.95 Å². The molecule has 29 heavy (non-hydrogen) atoms. The van der Waals surface area contributed by atoms with E-state index in [1.807, 2.05) is 60.7 Å². The van der Waals surface area contributed by atoms with E-state index in [0.29, 0.717) is 34.2 Å². The summed E-state index contributed by atoms with van der Waals surface area (Å²) in [6.45, 7) is 0.561. The van der Waals surface area contributed by atoms with Gasteiger partial charge in [-0.2, -0.15) is 0 Å². The highest BCUT2D eigenvalue weighted by Gasteiger charge is 2.18. The van der Waals surface area contributed by atoms with Crippen LogP contribution in [0, 0.1) is 0 Å². The van der Waals surface area contributed by atoms with Crippen molar-refractivity contribution >= 4 is 34.6 Å². The van der Waals surface area contributed by atoms with E-state index in [-0.39, 0.29) is 5.69 Å². The molecule has 0 spiro atoms. The minimum absolute atomic E-state index is 0.107. The molecule has 0 aliphatic heterocycles. The van der Waals surface area contributed by atoms with E-state index in [0.717, 1.165) is 11.1 Å². The molecule has 0 amide bonds. The number of carbonyl (C=O) groups excluding carboxylic acids is 1. The number of fused-ring (bicyclic) bond motifs is 1. The number of esters is 1. The minimum atomic E-state index is -0.570. The third kappa shape index (κ3) is 4.02. The number of nitrogens with one attached hydrogen (secondary N) is 1. The van der Waals surface area contributed by atoms with Crippen LogP contribution >= 0.6 is 11.6 Å². The highest BCUT2D eigenvalue weighted by molar-refractivity contribution is 6.35. The van der Waals surface area contributed by atoms with Crippen LogP contribution in [0.3, 0.4) is 0 Å². The summed E-state index contributed by atoms with van der Waals surface area (Å²) in [6.07, 6.45) is 0. The summed E-state index contributed by atoms with van der Waals surface area (Å²) in [7, 11) is 1.30. The maximum absolute atomic E-state index is 12.0. The van der Waals surface area contributed by atoms with Gasteiger partial charge in [-0.05, 0) is 11.6 Å². The van der Waals surface area contributed by atoms with Crippen LogP contribution in [0.1, 0.15) is 16.1 Å². The van der Waals surface area contributed by atoms with Crippen molar-refractivity contribution < 1.29 is 9.53 Å². The van der Waals surface area contributed by atoms with Crippen LogP contribution in [0.15, 0.2) is 66.7 Å². The van der Waals surface area contributed by atoms with Crippen molar-refractivity contribution in [3.05, 3.63) is 83.0 Å². The second-order valence-electron chi connectivity index (χ2n) is 6.28. The van der Waals surface area contributed by atoms with Crippen LogP contribution < -0.4 is 5.32 Å². The number of benzene rings is 2. The monoisotopic (exact) mass is 404 g/mol. The molecule has 4 aromatic rings. The van der Waals surface area contributed by atoms with Gasteiger partial charge in [0.25, 0.3) is 0 Å². The fourth-order valence-electron chi connectivity index (χ4n) is 2.93. The Morgan fingerprint density at radius 2 is 1.66 bits per heavy atom. The molecule has 0 atom stereocenters. The average molecular weight is 405 g/mol. The molecule has 0 unspecified atom stereocenters. The first-order chi connectivity index (χ1) is 14.2. The van der Waals surface area contributed by atoms with Gasteiger partial charge < -0.3 is 10.1 Å². The molecule has 0 aliphatic rings. The fourth-order valence-corrected chi connectivity index (χ4v) is 3.17. The molecule has 0 radical (unpaired) electrons. The van der Waals surface area contributed by atoms with Gasteiger partial charge in [0.1, 0.15) is 16.7 Å². The minimum Gasteiger partial charge on any atom is -0.464 e. The smallest absolute Gasteiger partial charge is 0.356 e. The lowest BCUT2D eigenvalue weighted by Crippen LogP contribution is -2.08. The van der Waals surface area contributed by atoms with Gasteiger partial charge in [0.15, 0.2) is 5.69 Å². The quantitative estimate of drug-likeness (QED) is 0.484. The van der Waals surface area contributed by atoms with E-state index in [2.05, 4.69) is 20.3 Å². The van der Waals surface area contributed by atoms with E-state index in [1.165, 1.54) is 13.2 Å². The number of anilines is 1. The highest BCUT2D eigenvalue weighted by atomic mass is 35.5. The summed E-state index contributed by atoms with van der Waals surface area (Å²) in [5.41, 5.74) is 3.53. The Hall–Kier alpha value is -3.51. The summed E-state index contributed by atoms with van der Waals surface area (Å²) in [5.74, 6) is -0.145. The highest BCUT2D eigenvalue weighted by Crippen LogP contribution is 2.30. The molecule has 0 saturated heterocycles. The van der Waals surface area contributed by atoms with Crippen LogP contribution in [0.25, 0.3) is 22.3 Å². The van der Waals surface area contributed by atoms with E-state index < -0.39 is 5.97 Å². The Bertz CT molecular complexity index is 1170. The molecule has 144 valence electrons. The van der Waals surface area contributed by atoms with Crippen molar-refractivity contribution in [3.63, 3.8) is 0 Å². The van der Waals surface area contributed by atoms with Crippen molar-refractivity contribution in [1.82, 2.24) is 15.0 Å². The van der Waals surface area contributed by atoms with E-state index >= 15 is 0 Å². The second-order valence-corrected chi connectivity index (χ2v) is 6.69. The van der Waals surface area contributed by atoms with Gasteiger partial charge in [-0.1, -0.05) is 72.3 Å². The Labute approximate surface area is 172 Å². The van der Waals surface area contributed by atoms with Gasteiger partial charge in [-0.3, -0.25) is 0 Å². The van der Waals surface area contributed by atoms with Gasteiger partial charge in [-0.25, -0.2) is 19.7 Å². The maximum atomic E-state index is 12.0. The molecular weight excluding hydrogens is 388 g/mol. The van der Waals surface area contributed by atoms with Crippen LogP contribution in [0.5, 0.6) is 0 Å². The van der Waals surface area contributed by atoms with E-state index in [9.17, 15) is 4.79 Å². The van der Waals surface area contributed by atoms with Gasteiger partial charge in [0.05, 0.1) is 12.1 Å². The lowest BCUT2D eigenvalue weighted by atomic mass is 10.1. The van der Waals surface area contributed by atoms with Crippen LogP contribution in [-0.4, -0.2) is 28.0 Å². The zero-order valence-corrected chi connectivity index (χ0v) is 16.3. The van der Waals surface area contributed by atoms with E-state index in [1.54, 1.807) is 0 Å². The molecule has 6 nitrogen and oxygen atoms in total. The lowest BCUT2D eigenvalue weighted by Gasteiger charge is -2.12. The number of aromatic nitrogens is 3. The molecule has 1 N–H and O–H groups in total. The Balaban J connectivity index is 1.84. The number of hydrogen-bond acceptors (Lipinski definition) is 6. The fraction of sp³-hybridized carbons (Fsp3) is 0.0909. The van der Waals surface area contributed by atoms with E-state index in [4.69, 9.17) is 16.3 Å². The number of nitrogens with zero attached hydrogens (tertiary/aromatic N) is 3. The predicted molar refractivity (Wildman–Crippen MR) is 113 cm³/mol. The van der Waals surface area contributed by atoms with Crippen LogP contribution in [0.2, 0.25) is 5.02 Å². The van der Waals surface area contributed by atoms with Crippen molar-refractivity contribution in [2.24, 2.45) is 0 Å². The lowest BCUT2D eigenvalue weighted by molar-refractivity contribution is 0.0594. The maximum Gasteiger partial charge on any atom is 0.356 e. The normalized spacial score (nSPS) is 10.7. The summed E-state index contributed by atoms with van der Waals surface area (Å²) in [5, 5.41) is 3.54. The number of methoxy groups -OCH3 is 1. The summed E-state index contributed by atoms with van der Waals surface area (Å²) in [6, 6.07) is 21.0. The molecule has 7 heteroatoms. The Morgan fingerprint density at radius 1 is 0.966 bits per heavy atom. The van der Waals surface area contributed by atoms with Crippen molar-refractivity contribution in [2.45, 2.75) is 6.54 Å². The molecule has 0 saturated carbocycles. The molecular formula is C22H17ClN4O2. The van der Waals surface area contributed by atoms with Gasteiger partial charge in [0, 0.05) is 12.1 Å². The number of ether oxygens (including phenoxy) is 1. The van der Waals surface area contributed by atoms with Crippen LogP contribution in [-0.2, 0) is 11.3 Å². The van der Waals surface area contributed by atoms with Crippen molar-refractivity contribution in [3.8, 4) is 11.3 Å². The van der Waals surface area contributed by atoms with Gasteiger partial charge >= 0.3 is 5.97 Å². The first-order valence-corrected chi connectivity index (χ1v) is 9.33. The standard InChI is InChI=1S/C22H17ClN4O2/c1-29-21(28)17-12-16(23)19-20(25-17)18(15-10-6-3-7-11-15)26-22(27-19)24-13-14-8-4-2-5-9-14/h2-12H,13H2,1H3,(H,24,26,27). The molecule has 0 aliphatic carbocycles. The molecule has 0 bridgehead atoms. The third-order valence-electron chi connectivity index (χ3n) is 4.34. The Kier molecular flexibility index (Phi) is 5.35. The molecule has 2 aromatic carbocycles. The summed E-state index contributed by atoms with van der Waals surface area (Å²) < 4.78 is 4.78. The predicted octanol–water partition coefficient (Wildman–Crippen LogP) is 4.74. The average Bonchev–Trinajstić information content (AvgIpc) is 2.78. The zero-order chi connectivity index (χ0) is 20.2. The number of carbonyl (C=O) groups is 1. The van der Waals surface area contributed by atoms with Crippen molar-refractivity contribution in [2.75, 3.05) is 12.4 Å². The van der Waals surface area contributed by atoms with Crippen LogP contribution in [0.4, 0.5) is 5.95 Å². The number of hydrogen-bond donors (Lipinski definition) is 1. The molecule has 2 aromatic heterocycles. The van der Waals surface area contributed by atoms with Crippen molar-refractivity contribution in [1.29, 1.82) is 0 Å². The molecule has 2 heterocycles. The first-order valence-electron chi connectivity index (χ1n) is 8.95. The number of rotatable bonds is 5. The summed E-state index contributed by atoms with van der Waals surface area (Å²) in [4.78, 5) is 25.6. The topological polar surface area (TPSA) is 77.0 Å². The molecule has 4 rings (SSSR count). The largest absolute Gasteiger partial charge is 0.464 e. The third-order valence-corrected chi connectivity index (χ3v) is 4.63. The molecule has 0 fully saturated rings. The first kappa shape index (κ1) is 18.8. The van der Waals surface area contributed by atoms with Gasteiger partial charge in [-0.15, -0.1) is 0 Å². The second kappa shape index (κ2) is 8.24. The summed E-state index contributed by atoms with van der Waals surface area (Å²) >= 11 is 6.45. The Morgan fingerprint density at radius 3 is 2.34 bits per heavy atom. The number of pyridine rings is 1. The SMILES string of the molecule is COC(=O)c1cc(Cl)c2nc(NCc3ccccc3)nc(-c3ccccc3)c2n1. The number of halogens is 1.